The van der Waals surface area contributed by atoms with E-state index in [-0.39, 0.29) is 0 Å². The Balaban J connectivity index is 2.22. The van der Waals surface area contributed by atoms with Crippen molar-refractivity contribution < 1.29 is 0 Å². The van der Waals surface area contributed by atoms with E-state index in [4.69, 9.17) is 4.98 Å². The molecule has 0 spiro atoms. The molecule has 2 aromatic heterocycles. The van der Waals surface area contributed by atoms with Gasteiger partial charge in [0.2, 0.25) is 0 Å². The maximum atomic E-state index is 4.75. The van der Waals surface area contributed by atoms with E-state index in [0.717, 1.165) is 11.6 Å². The number of H-pyrrole nitrogens is 1. The van der Waals surface area contributed by atoms with Gasteiger partial charge in [-0.25, -0.2) is 4.98 Å². The van der Waals surface area contributed by atoms with Crippen LogP contribution < -0.4 is 5.32 Å². The van der Waals surface area contributed by atoms with Gasteiger partial charge in [0.25, 0.3) is 0 Å². The van der Waals surface area contributed by atoms with Crippen molar-refractivity contribution in [3.63, 3.8) is 0 Å². The van der Waals surface area contributed by atoms with Gasteiger partial charge in [0.05, 0.1) is 5.69 Å². The van der Waals surface area contributed by atoms with Crippen LogP contribution >= 0.6 is 11.3 Å². The second-order valence-electron chi connectivity index (χ2n) is 4.59. The first kappa shape index (κ1) is 12.3. The van der Waals surface area contributed by atoms with Crippen molar-refractivity contribution in [1.29, 1.82) is 0 Å². The fourth-order valence-electron chi connectivity index (χ4n) is 1.95. The summed E-state index contributed by atoms with van der Waals surface area (Å²) in [6.07, 6.45) is 3.93. The molecule has 0 saturated heterocycles. The predicted molar refractivity (Wildman–Crippen MR) is 73.4 cm³/mol. The molecule has 2 aromatic rings. The number of aromatic amines is 1. The van der Waals surface area contributed by atoms with E-state index in [2.05, 4.69) is 35.6 Å². The molecule has 0 amide bonds. The lowest BCUT2D eigenvalue weighted by atomic mass is 9.93. The number of hydrogen-bond donors (Lipinski definition) is 2. The number of nitrogens with one attached hydrogen (secondary N) is 2. The smallest absolute Gasteiger partial charge is 0.125 e. The largest absolute Gasteiger partial charge is 0.367 e. The molecule has 0 radical (unpaired) electrons. The zero-order chi connectivity index (χ0) is 12.3. The highest BCUT2D eigenvalue weighted by Gasteiger charge is 2.18. The van der Waals surface area contributed by atoms with Gasteiger partial charge in [-0.05, 0) is 19.0 Å². The lowest BCUT2D eigenvalue weighted by Gasteiger charge is -2.18. The van der Waals surface area contributed by atoms with Crippen LogP contribution in [0.15, 0.2) is 23.8 Å². The second kappa shape index (κ2) is 5.47. The first-order chi connectivity index (χ1) is 8.22. The fourth-order valence-corrected chi connectivity index (χ4v) is 2.83. The molecule has 4 heteroatoms. The van der Waals surface area contributed by atoms with E-state index in [1.165, 1.54) is 11.3 Å². The summed E-state index contributed by atoms with van der Waals surface area (Å²) in [6, 6.07) is 2.06. The Bertz CT molecular complexity index is 445. The van der Waals surface area contributed by atoms with Gasteiger partial charge in [0.15, 0.2) is 0 Å². The molecule has 3 nitrogen and oxygen atoms in total. The maximum Gasteiger partial charge on any atom is 0.125 e. The molecule has 2 heterocycles. The van der Waals surface area contributed by atoms with Crippen LogP contribution in [0.25, 0.3) is 10.6 Å². The Hall–Kier alpha value is -1.13. The molecule has 1 unspecified atom stereocenters. The number of rotatable bonds is 5. The van der Waals surface area contributed by atoms with Gasteiger partial charge in [0.1, 0.15) is 5.01 Å². The number of thiazole rings is 1. The summed E-state index contributed by atoms with van der Waals surface area (Å²) in [5.74, 6) is 1.09. The molecule has 2 rings (SSSR count). The summed E-state index contributed by atoms with van der Waals surface area (Å²) < 4.78 is 0. The Morgan fingerprint density at radius 2 is 2.29 bits per heavy atom. The predicted octanol–water partition coefficient (Wildman–Crippen LogP) is 3.10. The van der Waals surface area contributed by atoms with Gasteiger partial charge in [-0.3, -0.25) is 0 Å². The van der Waals surface area contributed by atoms with Crippen LogP contribution in [0.4, 0.5) is 0 Å². The average molecular weight is 249 g/mol. The van der Waals surface area contributed by atoms with E-state index >= 15 is 0 Å². The lowest BCUT2D eigenvalue weighted by molar-refractivity contribution is 0.471. The van der Waals surface area contributed by atoms with E-state index in [0.29, 0.717) is 11.8 Å². The van der Waals surface area contributed by atoms with Crippen LogP contribution in [0.2, 0.25) is 0 Å². The normalized spacial score (nSPS) is 13.2. The minimum atomic E-state index is 0.490. The van der Waals surface area contributed by atoms with Gasteiger partial charge < -0.3 is 10.3 Å². The van der Waals surface area contributed by atoms with Crippen molar-refractivity contribution >= 4 is 11.3 Å². The fraction of sp³-hybridized carbons (Fsp3) is 0.462. The van der Waals surface area contributed by atoms with Crippen LogP contribution in [0, 0.1) is 5.92 Å². The number of likely N-dealkylation sites (N-methyl/N-ethyl adjacent to an activating group) is 1. The molecular weight excluding hydrogens is 230 g/mol. The van der Waals surface area contributed by atoms with Crippen molar-refractivity contribution in [3.05, 3.63) is 29.5 Å². The summed E-state index contributed by atoms with van der Waals surface area (Å²) in [5.41, 5.74) is 2.38. The molecule has 2 N–H and O–H groups in total. The Labute approximate surface area is 106 Å². The summed E-state index contributed by atoms with van der Waals surface area (Å²) in [5, 5.41) is 6.53. The van der Waals surface area contributed by atoms with Crippen molar-refractivity contribution in [1.82, 2.24) is 15.3 Å². The molecule has 0 aliphatic carbocycles. The third-order valence-electron chi connectivity index (χ3n) is 2.98. The Kier molecular flexibility index (Phi) is 3.97. The van der Waals surface area contributed by atoms with E-state index in [1.807, 2.05) is 19.4 Å². The van der Waals surface area contributed by atoms with Crippen molar-refractivity contribution in [2.45, 2.75) is 19.8 Å². The van der Waals surface area contributed by atoms with E-state index in [9.17, 15) is 0 Å². The van der Waals surface area contributed by atoms with Crippen molar-refractivity contribution in [2.24, 2.45) is 5.92 Å². The molecule has 92 valence electrons. The molecule has 0 bridgehead atoms. The maximum absolute atomic E-state index is 4.75. The SMILES string of the molecule is CNCC(c1csc(-c2cc[nH]c2)n1)C(C)C. The summed E-state index contributed by atoms with van der Waals surface area (Å²) >= 11 is 1.72. The first-order valence-corrected chi connectivity index (χ1v) is 6.83. The minimum absolute atomic E-state index is 0.490. The molecule has 17 heavy (non-hydrogen) atoms. The molecule has 1 atom stereocenters. The van der Waals surface area contributed by atoms with Crippen LogP contribution in [0.1, 0.15) is 25.5 Å². The molecule has 0 aliphatic rings. The highest BCUT2D eigenvalue weighted by atomic mass is 32.1. The number of aromatic nitrogens is 2. The third-order valence-corrected chi connectivity index (χ3v) is 3.89. The van der Waals surface area contributed by atoms with Crippen LogP contribution in [-0.2, 0) is 0 Å². The molecule has 0 aliphatic heterocycles. The van der Waals surface area contributed by atoms with Crippen LogP contribution in [0.3, 0.4) is 0 Å². The van der Waals surface area contributed by atoms with E-state index in [1.54, 1.807) is 11.3 Å². The number of nitrogens with zero attached hydrogens (tertiary/aromatic N) is 1. The third kappa shape index (κ3) is 2.76. The Morgan fingerprint density at radius 1 is 1.47 bits per heavy atom. The lowest BCUT2D eigenvalue weighted by Crippen LogP contribution is -2.21. The van der Waals surface area contributed by atoms with Crippen molar-refractivity contribution in [3.8, 4) is 10.6 Å². The van der Waals surface area contributed by atoms with Gasteiger partial charge in [-0.2, -0.15) is 0 Å². The molecular formula is C13H19N3S. The van der Waals surface area contributed by atoms with Gasteiger partial charge in [-0.1, -0.05) is 13.8 Å². The highest BCUT2D eigenvalue weighted by Crippen LogP contribution is 2.29. The topological polar surface area (TPSA) is 40.7 Å². The Morgan fingerprint density at radius 3 is 2.88 bits per heavy atom. The zero-order valence-corrected chi connectivity index (χ0v) is 11.3. The van der Waals surface area contributed by atoms with Gasteiger partial charge in [-0.15, -0.1) is 11.3 Å². The quantitative estimate of drug-likeness (QED) is 0.855. The second-order valence-corrected chi connectivity index (χ2v) is 5.44. The minimum Gasteiger partial charge on any atom is -0.367 e. The molecule has 0 aromatic carbocycles. The van der Waals surface area contributed by atoms with Gasteiger partial charge in [0, 0.05) is 35.8 Å². The van der Waals surface area contributed by atoms with Gasteiger partial charge >= 0.3 is 0 Å². The monoisotopic (exact) mass is 249 g/mol. The number of hydrogen-bond acceptors (Lipinski definition) is 3. The summed E-state index contributed by atoms with van der Waals surface area (Å²) in [6.45, 7) is 5.47. The standard InChI is InChI=1S/C13H19N3S/c1-9(2)11(7-14-3)12-8-17-13(16-12)10-4-5-15-6-10/h4-6,8-9,11,14-15H,7H2,1-3H3. The first-order valence-electron chi connectivity index (χ1n) is 5.95. The van der Waals surface area contributed by atoms with Crippen molar-refractivity contribution in [2.75, 3.05) is 13.6 Å². The van der Waals surface area contributed by atoms with Crippen LogP contribution in [-0.4, -0.2) is 23.6 Å². The van der Waals surface area contributed by atoms with Crippen LogP contribution in [0.5, 0.6) is 0 Å². The zero-order valence-electron chi connectivity index (χ0n) is 10.5. The summed E-state index contributed by atoms with van der Waals surface area (Å²) in [4.78, 5) is 7.82. The summed E-state index contributed by atoms with van der Waals surface area (Å²) in [7, 11) is 1.99. The highest BCUT2D eigenvalue weighted by molar-refractivity contribution is 7.13. The molecule has 0 saturated carbocycles. The molecule has 0 fully saturated rings. The van der Waals surface area contributed by atoms with E-state index < -0.39 is 0 Å². The average Bonchev–Trinajstić information content (AvgIpc) is 2.95.